The maximum Gasteiger partial charge on any atom is 0.378 e. The molecule has 11 heteroatoms. The largest absolute Gasteiger partial charge is 0.475 e. The van der Waals surface area contributed by atoms with Crippen LogP contribution in [0.3, 0.4) is 0 Å². The van der Waals surface area contributed by atoms with Gasteiger partial charge in [0.15, 0.2) is 0 Å². The Morgan fingerprint density at radius 3 is 1.52 bits per heavy atom. The lowest BCUT2D eigenvalue weighted by atomic mass is 10.3. The van der Waals surface area contributed by atoms with Crippen LogP contribution in [0.25, 0.3) is 0 Å². The summed E-state index contributed by atoms with van der Waals surface area (Å²) in [7, 11) is 0. The monoisotopic (exact) mass is 484 g/mol. The van der Waals surface area contributed by atoms with Gasteiger partial charge in [0.25, 0.3) is 17.5 Å². The first-order valence-corrected chi connectivity index (χ1v) is 8.56. The van der Waals surface area contributed by atoms with Crippen LogP contribution in [0.4, 0.5) is 0 Å². The molecule has 6 N–H and O–H groups in total. The van der Waals surface area contributed by atoms with E-state index in [1.165, 1.54) is 17.4 Å². The molecule has 0 atom stereocenters. The van der Waals surface area contributed by atoms with Crippen LogP contribution in [0.1, 0.15) is 19.3 Å². The molecule has 0 saturated heterocycles. The van der Waals surface area contributed by atoms with E-state index in [1.54, 1.807) is 18.2 Å². The molecule has 1 amide bonds. The number of amides is 1. The van der Waals surface area contributed by atoms with Crippen molar-refractivity contribution in [1.29, 1.82) is 0 Å². The topological polar surface area (TPSA) is 150 Å². The first-order valence-electron chi connectivity index (χ1n) is 5.34. The molecular weight excluding hydrogens is 476 g/mol. The molecule has 124 valence electrons. The third-order valence-electron chi connectivity index (χ3n) is 2.01. The number of hydrogen-bond donors (Lipinski definition) is 3. The molecule has 0 saturated carbocycles. The van der Waals surface area contributed by atoms with E-state index in [9.17, 15) is 19.2 Å². The molecule has 2 aromatic heterocycles. The van der Waals surface area contributed by atoms with Gasteiger partial charge in [-0.25, -0.2) is 4.79 Å². The minimum absolute atomic E-state index is 0. The van der Waals surface area contributed by atoms with E-state index in [2.05, 4.69) is 31.9 Å². The summed E-state index contributed by atoms with van der Waals surface area (Å²) in [6.07, 6.45) is 0. The maximum atomic E-state index is 10.9. The summed E-state index contributed by atoms with van der Waals surface area (Å²) in [5.41, 5.74) is 4.78. The zero-order chi connectivity index (χ0) is 16.9. The fourth-order valence-corrected chi connectivity index (χ4v) is 3.75. The lowest BCUT2D eigenvalue weighted by molar-refractivity contribution is -0.131. The van der Waals surface area contributed by atoms with Gasteiger partial charge in [0.2, 0.25) is 0 Å². The number of Topliss-reactive ketones (excluding diaryl/α,β-unsaturated/α-hetero) is 2. The molecule has 0 aliphatic heterocycles. The molecule has 0 aliphatic rings. The van der Waals surface area contributed by atoms with Crippen molar-refractivity contribution in [3.05, 3.63) is 41.6 Å². The second kappa shape index (κ2) is 9.67. The molecule has 0 fully saturated rings. The molecule has 0 aliphatic carbocycles. The lowest BCUT2D eigenvalue weighted by Crippen LogP contribution is -2.21. The van der Waals surface area contributed by atoms with E-state index in [0.29, 0.717) is 4.88 Å². The Hall–Kier alpha value is -1.40. The van der Waals surface area contributed by atoms with E-state index in [0.717, 1.165) is 18.9 Å². The highest BCUT2D eigenvalue weighted by atomic mass is 79.9. The first kappa shape index (κ1) is 21.6. The van der Waals surface area contributed by atoms with Crippen LogP contribution < -0.4 is 11.9 Å². The fraction of sp³-hybridized carbons (Fsp3) is 0. The lowest BCUT2D eigenvalue weighted by Gasteiger charge is -1.86. The van der Waals surface area contributed by atoms with Crippen molar-refractivity contribution in [2.24, 2.45) is 5.73 Å². The number of halogens is 2. The van der Waals surface area contributed by atoms with Gasteiger partial charge in [-0.1, -0.05) is 0 Å². The Balaban J connectivity index is 0.000000403. The van der Waals surface area contributed by atoms with Gasteiger partial charge in [0.05, 0.1) is 17.3 Å². The molecule has 2 rings (SSSR count). The van der Waals surface area contributed by atoms with Crippen molar-refractivity contribution in [2.75, 3.05) is 0 Å². The van der Waals surface area contributed by atoms with Gasteiger partial charge in [-0.2, -0.15) is 0 Å². The van der Waals surface area contributed by atoms with E-state index in [1.807, 2.05) is 0 Å². The standard InChI is InChI=1S/C6H4BrNO2S.C6H3BrO3S.H3N/c7-4-2-1-3(11-4)5(9)6(8)10;7-4-2-1-3(11-4)5(8)6(9)10;/h1-2H,(H2,8,10);1-2H,(H,9,10);1H3. The Morgan fingerprint density at radius 1 is 0.870 bits per heavy atom. The highest BCUT2D eigenvalue weighted by Gasteiger charge is 2.16. The number of aliphatic carboxylic acids is 1. The van der Waals surface area contributed by atoms with Gasteiger partial charge in [0, 0.05) is 0 Å². The molecule has 7 nitrogen and oxygen atoms in total. The molecular formula is C12H10Br2N2O5S2. The number of nitrogens with two attached hydrogens (primary N) is 1. The summed E-state index contributed by atoms with van der Waals surface area (Å²) >= 11 is 8.59. The van der Waals surface area contributed by atoms with Crippen LogP contribution in [0.2, 0.25) is 0 Å². The Labute approximate surface area is 155 Å². The summed E-state index contributed by atoms with van der Waals surface area (Å²) in [4.78, 5) is 42.7. The first-order chi connectivity index (χ1) is 10.2. The van der Waals surface area contributed by atoms with Crippen LogP contribution in [-0.4, -0.2) is 28.5 Å². The van der Waals surface area contributed by atoms with Crippen molar-refractivity contribution >= 4 is 78.0 Å². The van der Waals surface area contributed by atoms with Gasteiger partial charge in [-0.05, 0) is 56.1 Å². The minimum Gasteiger partial charge on any atom is -0.475 e. The average molecular weight is 486 g/mol. The van der Waals surface area contributed by atoms with Crippen LogP contribution in [0.5, 0.6) is 0 Å². The fourth-order valence-electron chi connectivity index (χ4n) is 1.10. The smallest absolute Gasteiger partial charge is 0.378 e. The van der Waals surface area contributed by atoms with Crippen LogP contribution in [-0.2, 0) is 9.59 Å². The zero-order valence-corrected chi connectivity index (χ0v) is 16.1. The number of ketones is 2. The second-order valence-electron chi connectivity index (χ2n) is 3.54. The predicted octanol–water partition coefficient (Wildman–Crippen LogP) is 3.12. The van der Waals surface area contributed by atoms with Crippen LogP contribution >= 0.6 is 54.5 Å². The maximum absolute atomic E-state index is 10.9. The predicted molar refractivity (Wildman–Crippen MR) is 94.6 cm³/mol. The van der Waals surface area contributed by atoms with Crippen molar-refractivity contribution in [2.45, 2.75) is 0 Å². The molecule has 0 bridgehead atoms. The Morgan fingerprint density at radius 2 is 1.26 bits per heavy atom. The molecule has 2 heterocycles. The SMILES string of the molecule is N.NC(=O)C(=O)c1ccc(Br)s1.O=C(O)C(=O)c1ccc(Br)s1. The summed E-state index contributed by atoms with van der Waals surface area (Å²) in [6, 6.07) is 6.37. The van der Waals surface area contributed by atoms with Gasteiger partial charge in [-0.15, -0.1) is 22.7 Å². The van der Waals surface area contributed by atoms with Crippen molar-refractivity contribution in [3.63, 3.8) is 0 Å². The third-order valence-corrected chi connectivity index (χ3v) is 5.26. The number of primary amides is 1. The zero-order valence-electron chi connectivity index (χ0n) is 11.2. The summed E-state index contributed by atoms with van der Waals surface area (Å²) < 4.78 is 1.56. The second-order valence-corrected chi connectivity index (χ2v) is 8.46. The van der Waals surface area contributed by atoms with Gasteiger partial charge < -0.3 is 17.0 Å². The summed E-state index contributed by atoms with van der Waals surface area (Å²) in [6.45, 7) is 0. The summed E-state index contributed by atoms with van der Waals surface area (Å²) in [5, 5.41) is 8.29. The highest BCUT2D eigenvalue weighted by molar-refractivity contribution is 9.11. The van der Waals surface area contributed by atoms with Crippen LogP contribution in [0.15, 0.2) is 31.8 Å². The van der Waals surface area contributed by atoms with E-state index in [4.69, 9.17) is 10.8 Å². The summed E-state index contributed by atoms with van der Waals surface area (Å²) in [5.74, 6) is -3.83. The molecule has 0 radical (unpaired) electrons. The van der Waals surface area contributed by atoms with Crippen molar-refractivity contribution < 1.29 is 24.3 Å². The Kier molecular flexibility index (Phi) is 9.09. The number of rotatable bonds is 4. The molecule has 2 aromatic rings. The number of carbonyl (C=O) groups is 4. The number of thiophene rings is 2. The number of carboxylic acid groups (broad SMARTS) is 1. The Bertz CT molecular complexity index is 679. The van der Waals surface area contributed by atoms with Crippen LogP contribution in [0, 0.1) is 0 Å². The third kappa shape index (κ3) is 6.71. The number of carboxylic acids is 1. The van der Waals surface area contributed by atoms with Gasteiger partial charge in [-0.3, -0.25) is 14.4 Å². The van der Waals surface area contributed by atoms with Gasteiger partial charge >= 0.3 is 5.97 Å². The molecule has 23 heavy (non-hydrogen) atoms. The van der Waals surface area contributed by atoms with E-state index < -0.39 is 23.4 Å². The highest BCUT2D eigenvalue weighted by Crippen LogP contribution is 2.22. The quantitative estimate of drug-likeness (QED) is 0.447. The normalized spacial score (nSPS) is 9.13. The number of carbonyl (C=O) groups excluding carboxylic acids is 3. The molecule has 0 unspecified atom stereocenters. The van der Waals surface area contributed by atoms with E-state index >= 15 is 0 Å². The number of hydrogen-bond acceptors (Lipinski definition) is 7. The van der Waals surface area contributed by atoms with Crippen molar-refractivity contribution in [1.82, 2.24) is 6.15 Å². The average Bonchev–Trinajstić information content (AvgIpc) is 3.06. The molecule has 0 spiro atoms. The van der Waals surface area contributed by atoms with Gasteiger partial charge in [0.1, 0.15) is 0 Å². The molecule has 0 aromatic carbocycles. The van der Waals surface area contributed by atoms with Crippen molar-refractivity contribution in [3.8, 4) is 0 Å². The van der Waals surface area contributed by atoms with E-state index in [-0.39, 0.29) is 11.0 Å². The minimum atomic E-state index is -1.42.